The molecule has 2 aliphatic carbocycles. The number of carboxylic acid groups (broad SMARTS) is 1. The largest absolute Gasteiger partial charge is 0.489 e. The van der Waals surface area contributed by atoms with E-state index in [1.165, 1.54) is 0 Å². The Morgan fingerprint density at radius 1 is 1.05 bits per heavy atom. The molecular weight excluding hydrogens is 557 g/mol. The first-order valence-corrected chi connectivity index (χ1v) is 13.9. The van der Waals surface area contributed by atoms with E-state index in [9.17, 15) is 9.90 Å². The Bertz CT molecular complexity index is 1600. The second-order valence-electron chi connectivity index (χ2n) is 10.4. The van der Waals surface area contributed by atoms with Gasteiger partial charge in [0.25, 0.3) is 0 Å². The number of carbonyl (C=O) groups is 1. The highest BCUT2D eigenvalue weighted by molar-refractivity contribution is 6.39. The average molecular weight is 584 g/mol. The third kappa shape index (κ3) is 5.04. The lowest BCUT2D eigenvalue weighted by Gasteiger charge is -2.12. The Kier molecular flexibility index (Phi) is 6.54. The van der Waals surface area contributed by atoms with E-state index >= 15 is 0 Å². The van der Waals surface area contributed by atoms with Crippen molar-refractivity contribution in [3.8, 4) is 17.0 Å². The maximum atomic E-state index is 11.6. The molecular formula is C31H26Cl3NO4. The Labute approximate surface area is 243 Å². The lowest BCUT2D eigenvalue weighted by atomic mass is 9.96. The Balaban J connectivity index is 1.24. The number of hydrogen-bond donors (Lipinski definition) is 1. The summed E-state index contributed by atoms with van der Waals surface area (Å²) in [6, 6.07) is 14.7. The first kappa shape index (κ1) is 25.0. The van der Waals surface area contributed by atoms with Crippen molar-refractivity contribution in [3.05, 3.63) is 103 Å². The molecule has 2 fully saturated rings. The van der Waals surface area contributed by atoms with Gasteiger partial charge in [0.2, 0.25) is 0 Å². The number of aromatic nitrogens is 1. The molecule has 3 atom stereocenters. The van der Waals surface area contributed by atoms with E-state index in [1.54, 1.807) is 24.3 Å². The Morgan fingerprint density at radius 2 is 1.74 bits per heavy atom. The first-order chi connectivity index (χ1) is 19.1. The van der Waals surface area contributed by atoms with Crippen LogP contribution in [0.1, 0.15) is 82.3 Å². The Morgan fingerprint density at radius 3 is 2.36 bits per heavy atom. The van der Waals surface area contributed by atoms with Gasteiger partial charge in [-0.3, -0.25) is 0 Å². The quantitative estimate of drug-likeness (QED) is 0.224. The van der Waals surface area contributed by atoms with Crippen molar-refractivity contribution >= 4 is 40.8 Å². The molecule has 8 heteroatoms. The molecule has 1 aromatic heterocycles. The number of aromatic carboxylic acids is 1. The molecule has 2 aliphatic rings. The number of carboxylic acids is 1. The zero-order chi connectivity index (χ0) is 28.3. The molecule has 1 N–H and O–H groups in total. The topological polar surface area (TPSA) is 72.6 Å². The fraction of sp³-hybridized carbons (Fsp3) is 0.290. The molecule has 39 heavy (non-hydrogen) atoms. The van der Waals surface area contributed by atoms with Crippen molar-refractivity contribution < 1.29 is 20.5 Å². The van der Waals surface area contributed by atoms with Crippen LogP contribution in [0.25, 0.3) is 11.3 Å². The molecule has 3 unspecified atom stereocenters. The van der Waals surface area contributed by atoms with Crippen LogP contribution < -0.4 is 4.74 Å². The highest BCUT2D eigenvalue weighted by atomic mass is 35.5. The number of nitrogens with zero attached hydrogens (tertiary/aromatic N) is 1. The van der Waals surface area contributed by atoms with Crippen molar-refractivity contribution in [1.29, 1.82) is 0 Å². The van der Waals surface area contributed by atoms with Crippen molar-refractivity contribution in [2.24, 2.45) is 0 Å². The summed E-state index contributed by atoms with van der Waals surface area (Å²) in [4.78, 5) is 11.6. The smallest absolute Gasteiger partial charge is 0.336 e. The van der Waals surface area contributed by atoms with Crippen LogP contribution in [0.4, 0.5) is 0 Å². The van der Waals surface area contributed by atoms with Gasteiger partial charge < -0.3 is 14.4 Å². The summed E-state index contributed by atoms with van der Waals surface area (Å²) in [5, 5.41) is 15.2. The van der Waals surface area contributed by atoms with Gasteiger partial charge in [0.15, 0.2) is 0 Å². The number of halogens is 3. The average Bonchev–Trinajstić information content (AvgIpc) is 3.81. The van der Waals surface area contributed by atoms with Crippen molar-refractivity contribution in [2.75, 3.05) is 0 Å². The van der Waals surface area contributed by atoms with Gasteiger partial charge in [0, 0.05) is 16.5 Å². The summed E-state index contributed by atoms with van der Waals surface area (Å²) in [5.41, 5.74) is 5.48. The number of ether oxygens (including phenoxy) is 1. The lowest BCUT2D eigenvalue weighted by Crippen LogP contribution is -2.04. The minimum atomic E-state index is -1.13. The summed E-state index contributed by atoms with van der Waals surface area (Å²) >= 11 is 19.7. The third-order valence-electron chi connectivity index (χ3n) is 7.58. The van der Waals surface area contributed by atoms with Gasteiger partial charge in [-0.05, 0) is 91.5 Å². The fourth-order valence-corrected chi connectivity index (χ4v) is 6.32. The molecule has 0 amide bonds. The predicted molar refractivity (Wildman–Crippen MR) is 153 cm³/mol. The zero-order valence-electron chi connectivity index (χ0n) is 22.3. The van der Waals surface area contributed by atoms with Crippen molar-refractivity contribution in [3.63, 3.8) is 0 Å². The van der Waals surface area contributed by atoms with Gasteiger partial charge in [-0.1, -0.05) is 64.2 Å². The van der Waals surface area contributed by atoms with Crippen LogP contribution in [0.2, 0.25) is 15.1 Å². The molecule has 200 valence electrons. The number of hydrogen-bond acceptors (Lipinski definition) is 4. The maximum Gasteiger partial charge on any atom is 0.336 e. The normalized spacial score (nSPS) is 19.5. The summed E-state index contributed by atoms with van der Waals surface area (Å²) in [6.45, 7) is 2.55. The van der Waals surface area contributed by atoms with E-state index in [4.69, 9.17) is 45.4 Å². The van der Waals surface area contributed by atoms with Gasteiger partial charge in [-0.2, -0.15) is 0 Å². The molecule has 4 aromatic rings. The highest BCUT2D eigenvalue weighted by Crippen LogP contribution is 2.57. The van der Waals surface area contributed by atoms with Crippen LogP contribution in [0.3, 0.4) is 0 Å². The van der Waals surface area contributed by atoms with Crippen LogP contribution >= 0.6 is 34.8 Å². The standard InChI is InChI=1S/C31H26Cl3NO4/c1-15-10-18(11-16(2)27(15)31(36)37)21-13-22(21)20-9-8-19(12-26(20)34)38-14-23-29(35-39-30(23)17-6-7-17)28-24(32)4-3-5-25(28)33/h3-5,8-12,17,21-22H,6-7,13-14H2,1-2H3,(H,36,37)/i14D. The van der Waals surface area contributed by atoms with E-state index in [2.05, 4.69) is 5.16 Å². The summed E-state index contributed by atoms with van der Waals surface area (Å²) in [5.74, 6) is 0.892. The number of aryl methyl sites for hydroxylation is 2. The molecule has 5 nitrogen and oxygen atoms in total. The summed E-state index contributed by atoms with van der Waals surface area (Å²) in [7, 11) is 0. The third-order valence-corrected chi connectivity index (χ3v) is 8.53. The highest BCUT2D eigenvalue weighted by Gasteiger charge is 2.41. The first-order valence-electron chi connectivity index (χ1n) is 13.4. The molecule has 0 saturated heterocycles. The number of benzene rings is 3. The van der Waals surface area contributed by atoms with Gasteiger partial charge in [0.1, 0.15) is 23.8 Å². The van der Waals surface area contributed by atoms with Gasteiger partial charge in [-0.15, -0.1) is 0 Å². The van der Waals surface area contributed by atoms with Gasteiger partial charge >= 0.3 is 5.97 Å². The van der Waals surface area contributed by atoms with Crippen molar-refractivity contribution in [1.82, 2.24) is 5.16 Å². The minimum Gasteiger partial charge on any atom is -0.489 e. The zero-order valence-corrected chi connectivity index (χ0v) is 23.6. The van der Waals surface area contributed by atoms with E-state index in [0.29, 0.717) is 49.0 Å². The van der Waals surface area contributed by atoms with Crippen molar-refractivity contribution in [2.45, 2.75) is 57.4 Å². The van der Waals surface area contributed by atoms with Crippen LogP contribution in [0, 0.1) is 13.8 Å². The molecule has 3 aromatic carbocycles. The second kappa shape index (κ2) is 10.2. The van der Waals surface area contributed by atoms with E-state index in [1.807, 2.05) is 38.1 Å². The van der Waals surface area contributed by atoms with Crippen LogP contribution in [0.5, 0.6) is 5.75 Å². The lowest BCUT2D eigenvalue weighted by molar-refractivity contribution is 0.0695. The number of rotatable bonds is 8. The van der Waals surface area contributed by atoms with Crippen LogP contribution in [-0.2, 0) is 6.58 Å². The van der Waals surface area contributed by atoms with Crippen LogP contribution in [-0.4, -0.2) is 16.2 Å². The second-order valence-corrected chi connectivity index (χ2v) is 11.6. The summed E-state index contributed by atoms with van der Waals surface area (Å²) in [6.07, 6.45) is 2.86. The van der Waals surface area contributed by atoms with E-state index in [-0.39, 0.29) is 17.8 Å². The molecule has 0 radical (unpaired) electrons. The SMILES string of the molecule is [2H]C(Oc1ccc(C2CC2c2cc(C)c(C(=O)O)c(C)c2)c(Cl)c1)c1c(-c2c(Cl)cccc2Cl)noc1C1CC1. The van der Waals surface area contributed by atoms with E-state index in [0.717, 1.165) is 41.5 Å². The molecule has 6 rings (SSSR count). The predicted octanol–water partition coefficient (Wildman–Crippen LogP) is 9.34. The van der Waals surface area contributed by atoms with Gasteiger partial charge in [0.05, 0.1) is 22.5 Å². The molecule has 1 heterocycles. The molecule has 0 bridgehead atoms. The fourth-order valence-electron chi connectivity index (χ4n) is 5.43. The van der Waals surface area contributed by atoms with Crippen LogP contribution in [0.15, 0.2) is 53.1 Å². The minimum absolute atomic E-state index is 0.198. The molecule has 0 aliphatic heterocycles. The molecule has 0 spiro atoms. The monoisotopic (exact) mass is 582 g/mol. The summed E-state index contributed by atoms with van der Waals surface area (Å²) < 4.78 is 20.7. The van der Waals surface area contributed by atoms with Gasteiger partial charge in [-0.25, -0.2) is 4.79 Å². The van der Waals surface area contributed by atoms with E-state index < -0.39 is 12.6 Å². The molecule has 2 saturated carbocycles. The maximum absolute atomic E-state index is 11.6. The Hall–Kier alpha value is -2.99.